The maximum absolute atomic E-state index is 13.7. The summed E-state index contributed by atoms with van der Waals surface area (Å²) in [4.78, 5) is 11.4. The first-order valence-corrected chi connectivity index (χ1v) is 5.34. The van der Waals surface area contributed by atoms with Gasteiger partial charge in [-0.25, -0.2) is 9.07 Å². The van der Waals surface area contributed by atoms with E-state index in [0.717, 1.165) is 10.7 Å². The molecule has 0 aliphatic heterocycles. The molecule has 0 saturated carbocycles. The Hall–Kier alpha value is -2.19. The van der Waals surface area contributed by atoms with Gasteiger partial charge in [0.05, 0.1) is 5.56 Å². The Labute approximate surface area is 107 Å². The van der Waals surface area contributed by atoms with Gasteiger partial charge in [-0.1, -0.05) is 11.6 Å². The Balaban J connectivity index is 2.79. The first-order valence-electron chi connectivity index (χ1n) is 4.97. The van der Waals surface area contributed by atoms with E-state index in [1.54, 1.807) is 0 Å². The molecule has 6 heteroatoms. The molecular formula is C12H7ClFN3O. The van der Waals surface area contributed by atoms with Crippen LogP contribution in [0.25, 0.3) is 11.3 Å². The van der Waals surface area contributed by atoms with E-state index < -0.39 is 11.4 Å². The SMILES string of the molecule is Cn1nc(-c2cc(Cl)ccc2F)c(C#N)cc1=O. The van der Waals surface area contributed by atoms with Crippen molar-refractivity contribution in [1.29, 1.82) is 5.26 Å². The molecule has 1 heterocycles. The number of halogens is 2. The average molecular weight is 264 g/mol. The van der Waals surface area contributed by atoms with E-state index in [1.807, 2.05) is 6.07 Å². The summed E-state index contributed by atoms with van der Waals surface area (Å²) in [6.45, 7) is 0. The third-order valence-corrected chi connectivity index (χ3v) is 2.63. The highest BCUT2D eigenvalue weighted by atomic mass is 35.5. The molecule has 18 heavy (non-hydrogen) atoms. The number of benzene rings is 1. The lowest BCUT2D eigenvalue weighted by Gasteiger charge is -2.06. The number of hydrogen-bond acceptors (Lipinski definition) is 3. The molecule has 1 aromatic carbocycles. The summed E-state index contributed by atoms with van der Waals surface area (Å²) in [6, 6.07) is 6.89. The number of nitriles is 1. The van der Waals surface area contributed by atoms with Crippen LogP contribution in [0.5, 0.6) is 0 Å². The van der Waals surface area contributed by atoms with Crippen molar-refractivity contribution in [3.05, 3.63) is 51.0 Å². The highest BCUT2D eigenvalue weighted by molar-refractivity contribution is 6.30. The standard InChI is InChI=1S/C12H7ClFN3O/c1-17-11(18)4-7(6-15)12(16-17)9-5-8(13)2-3-10(9)14/h2-5H,1H3. The smallest absolute Gasteiger partial charge is 0.267 e. The van der Waals surface area contributed by atoms with Gasteiger partial charge in [0, 0.05) is 23.7 Å². The normalized spacial score (nSPS) is 10.1. The summed E-state index contributed by atoms with van der Waals surface area (Å²) in [5, 5.41) is 13.2. The van der Waals surface area contributed by atoms with Crippen molar-refractivity contribution in [2.75, 3.05) is 0 Å². The zero-order valence-electron chi connectivity index (χ0n) is 9.32. The maximum atomic E-state index is 13.7. The molecule has 0 spiro atoms. The van der Waals surface area contributed by atoms with Crippen molar-refractivity contribution in [3.8, 4) is 17.3 Å². The highest BCUT2D eigenvalue weighted by Gasteiger charge is 2.14. The summed E-state index contributed by atoms with van der Waals surface area (Å²) in [6.07, 6.45) is 0. The van der Waals surface area contributed by atoms with Crippen LogP contribution in [0.1, 0.15) is 5.56 Å². The molecule has 0 radical (unpaired) electrons. The largest absolute Gasteiger partial charge is 0.268 e. The first kappa shape index (κ1) is 12.3. The van der Waals surface area contributed by atoms with E-state index >= 15 is 0 Å². The van der Waals surface area contributed by atoms with Crippen molar-refractivity contribution in [2.45, 2.75) is 0 Å². The molecular weight excluding hydrogens is 257 g/mol. The van der Waals surface area contributed by atoms with Crippen LogP contribution in [0.15, 0.2) is 29.1 Å². The number of rotatable bonds is 1. The average Bonchev–Trinajstić information content (AvgIpc) is 2.35. The van der Waals surface area contributed by atoms with E-state index in [9.17, 15) is 9.18 Å². The summed E-state index contributed by atoms with van der Waals surface area (Å²) >= 11 is 5.79. The minimum Gasteiger partial charge on any atom is -0.268 e. The van der Waals surface area contributed by atoms with Crippen LogP contribution in [0.2, 0.25) is 5.02 Å². The van der Waals surface area contributed by atoms with Gasteiger partial charge in [-0.2, -0.15) is 10.4 Å². The van der Waals surface area contributed by atoms with Crippen molar-refractivity contribution < 1.29 is 4.39 Å². The van der Waals surface area contributed by atoms with Crippen molar-refractivity contribution in [2.24, 2.45) is 7.05 Å². The zero-order valence-corrected chi connectivity index (χ0v) is 10.1. The monoisotopic (exact) mass is 263 g/mol. The van der Waals surface area contributed by atoms with E-state index in [-0.39, 0.29) is 16.8 Å². The quantitative estimate of drug-likeness (QED) is 0.792. The van der Waals surface area contributed by atoms with E-state index in [2.05, 4.69) is 5.10 Å². The van der Waals surface area contributed by atoms with Gasteiger partial charge in [-0.3, -0.25) is 4.79 Å². The number of hydrogen-bond donors (Lipinski definition) is 0. The topological polar surface area (TPSA) is 58.7 Å². The van der Waals surface area contributed by atoms with Crippen LogP contribution in [0.4, 0.5) is 4.39 Å². The fourth-order valence-electron chi connectivity index (χ4n) is 1.50. The third-order valence-electron chi connectivity index (χ3n) is 2.40. The van der Waals surface area contributed by atoms with Gasteiger partial charge in [0.25, 0.3) is 5.56 Å². The van der Waals surface area contributed by atoms with Crippen molar-refractivity contribution in [1.82, 2.24) is 9.78 Å². The Morgan fingerprint density at radius 1 is 1.44 bits per heavy atom. The van der Waals surface area contributed by atoms with Crippen LogP contribution in [-0.4, -0.2) is 9.78 Å². The van der Waals surface area contributed by atoms with Crippen molar-refractivity contribution in [3.63, 3.8) is 0 Å². The van der Waals surface area contributed by atoms with Gasteiger partial charge in [0.1, 0.15) is 17.6 Å². The summed E-state index contributed by atoms with van der Waals surface area (Å²) in [7, 11) is 1.43. The fourth-order valence-corrected chi connectivity index (χ4v) is 1.67. The molecule has 90 valence electrons. The predicted molar refractivity (Wildman–Crippen MR) is 64.6 cm³/mol. The minimum absolute atomic E-state index is 0.0132. The van der Waals surface area contributed by atoms with Crippen LogP contribution >= 0.6 is 11.6 Å². The van der Waals surface area contributed by atoms with Crippen LogP contribution in [-0.2, 0) is 7.05 Å². The Bertz CT molecular complexity index is 718. The Kier molecular flexibility index (Phi) is 3.13. The van der Waals surface area contributed by atoms with E-state index in [1.165, 1.54) is 25.2 Å². The molecule has 0 aliphatic rings. The van der Waals surface area contributed by atoms with Gasteiger partial charge < -0.3 is 0 Å². The number of aryl methyl sites for hydroxylation is 1. The zero-order chi connectivity index (χ0) is 13.3. The van der Waals surface area contributed by atoms with Gasteiger partial charge in [0.2, 0.25) is 0 Å². The number of aromatic nitrogens is 2. The van der Waals surface area contributed by atoms with Gasteiger partial charge in [-0.15, -0.1) is 0 Å². The lowest BCUT2D eigenvalue weighted by atomic mass is 10.1. The molecule has 4 nitrogen and oxygen atoms in total. The molecule has 0 atom stereocenters. The van der Waals surface area contributed by atoms with Gasteiger partial charge >= 0.3 is 0 Å². The third kappa shape index (κ3) is 2.11. The molecule has 0 aliphatic carbocycles. The predicted octanol–water partition coefficient (Wildman–Crippen LogP) is 2.11. The number of nitrogens with zero attached hydrogens (tertiary/aromatic N) is 3. The Morgan fingerprint density at radius 2 is 2.17 bits per heavy atom. The minimum atomic E-state index is -0.554. The van der Waals surface area contributed by atoms with Crippen molar-refractivity contribution >= 4 is 11.6 Å². The molecule has 0 saturated heterocycles. The van der Waals surface area contributed by atoms with Crippen LogP contribution in [0, 0.1) is 17.1 Å². The van der Waals surface area contributed by atoms with E-state index in [4.69, 9.17) is 16.9 Å². The second-order valence-corrected chi connectivity index (χ2v) is 4.04. The molecule has 1 aromatic heterocycles. The molecule has 0 fully saturated rings. The van der Waals surface area contributed by atoms with Crippen LogP contribution < -0.4 is 5.56 Å². The maximum Gasteiger partial charge on any atom is 0.267 e. The fraction of sp³-hybridized carbons (Fsp3) is 0.0833. The van der Waals surface area contributed by atoms with E-state index in [0.29, 0.717) is 5.02 Å². The summed E-state index contributed by atoms with van der Waals surface area (Å²) in [5.74, 6) is -0.554. The van der Waals surface area contributed by atoms with Gasteiger partial charge in [0.15, 0.2) is 0 Å². The molecule has 2 aromatic rings. The lowest BCUT2D eigenvalue weighted by molar-refractivity contribution is 0.627. The Morgan fingerprint density at radius 3 is 2.83 bits per heavy atom. The van der Waals surface area contributed by atoms with Crippen LogP contribution in [0.3, 0.4) is 0 Å². The van der Waals surface area contributed by atoms with Gasteiger partial charge in [-0.05, 0) is 18.2 Å². The molecule has 0 bridgehead atoms. The lowest BCUT2D eigenvalue weighted by Crippen LogP contribution is -2.20. The highest BCUT2D eigenvalue weighted by Crippen LogP contribution is 2.25. The summed E-state index contributed by atoms with van der Waals surface area (Å²) < 4.78 is 14.7. The molecule has 0 amide bonds. The second-order valence-electron chi connectivity index (χ2n) is 3.60. The molecule has 2 rings (SSSR count). The first-order chi connectivity index (χ1) is 8.52. The molecule has 0 unspecified atom stereocenters. The summed E-state index contributed by atoms with van der Waals surface area (Å²) in [5.41, 5.74) is -0.230. The molecule has 0 N–H and O–H groups in total. The second kappa shape index (κ2) is 4.59.